The van der Waals surface area contributed by atoms with Crippen LogP contribution in [0.5, 0.6) is 5.75 Å². The van der Waals surface area contributed by atoms with E-state index in [9.17, 15) is 21.6 Å². The Balaban J connectivity index is 1.55. The highest BCUT2D eigenvalue weighted by atomic mass is 32.2. The number of rotatable bonds is 5. The van der Waals surface area contributed by atoms with Gasteiger partial charge >= 0.3 is 6.36 Å². The van der Waals surface area contributed by atoms with Gasteiger partial charge in [0.1, 0.15) is 11.6 Å². The number of sulfonamides is 1. The monoisotopic (exact) mass is 423 g/mol. The van der Waals surface area contributed by atoms with Gasteiger partial charge < -0.3 is 9.30 Å². The molecule has 0 spiro atoms. The zero-order valence-electron chi connectivity index (χ0n) is 15.0. The van der Waals surface area contributed by atoms with Crippen LogP contribution in [0.15, 0.2) is 59.6 Å². The van der Waals surface area contributed by atoms with Crippen molar-refractivity contribution in [2.24, 2.45) is 0 Å². The molecule has 1 aromatic heterocycles. The SMILES string of the molecule is O=S(=O)(Nc1cccc(-c2cnc3n2CCC3)c1)c1ccc(OC(F)(F)F)cc1. The number of benzene rings is 2. The number of halogens is 3. The van der Waals surface area contributed by atoms with Crippen LogP contribution in [-0.2, 0) is 23.0 Å². The number of aromatic nitrogens is 2. The Morgan fingerprint density at radius 1 is 1.10 bits per heavy atom. The van der Waals surface area contributed by atoms with Crippen molar-refractivity contribution < 1.29 is 26.3 Å². The molecular weight excluding hydrogens is 407 g/mol. The Morgan fingerprint density at radius 3 is 2.59 bits per heavy atom. The third kappa shape index (κ3) is 4.21. The molecule has 3 aromatic rings. The molecule has 10 heteroatoms. The smallest absolute Gasteiger partial charge is 0.406 e. The quantitative estimate of drug-likeness (QED) is 0.668. The summed E-state index contributed by atoms with van der Waals surface area (Å²) in [5.74, 6) is 0.514. The first kappa shape index (κ1) is 19.3. The van der Waals surface area contributed by atoms with Gasteiger partial charge in [-0.2, -0.15) is 0 Å². The van der Waals surface area contributed by atoms with Gasteiger partial charge in [0.15, 0.2) is 0 Å². The van der Waals surface area contributed by atoms with E-state index < -0.39 is 22.1 Å². The molecule has 0 amide bonds. The average Bonchev–Trinajstić information content (AvgIpc) is 3.24. The second-order valence-corrected chi connectivity index (χ2v) is 8.20. The van der Waals surface area contributed by atoms with Crippen molar-refractivity contribution in [1.82, 2.24) is 9.55 Å². The van der Waals surface area contributed by atoms with E-state index in [1.807, 2.05) is 6.07 Å². The summed E-state index contributed by atoms with van der Waals surface area (Å²) in [7, 11) is -3.98. The number of hydrogen-bond acceptors (Lipinski definition) is 4. The summed E-state index contributed by atoms with van der Waals surface area (Å²) in [4.78, 5) is 4.21. The second kappa shape index (κ2) is 7.11. The fourth-order valence-electron chi connectivity index (χ4n) is 3.27. The lowest BCUT2D eigenvalue weighted by molar-refractivity contribution is -0.274. The van der Waals surface area contributed by atoms with Gasteiger partial charge in [0.2, 0.25) is 0 Å². The maximum absolute atomic E-state index is 12.6. The first-order chi connectivity index (χ1) is 13.7. The fourth-order valence-corrected chi connectivity index (χ4v) is 4.31. The molecule has 0 unspecified atom stereocenters. The van der Waals surface area contributed by atoms with E-state index in [2.05, 4.69) is 19.0 Å². The van der Waals surface area contributed by atoms with E-state index in [1.54, 1.807) is 24.4 Å². The van der Waals surface area contributed by atoms with E-state index in [4.69, 9.17) is 0 Å². The average molecular weight is 423 g/mol. The molecule has 0 bridgehead atoms. The van der Waals surface area contributed by atoms with E-state index in [0.29, 0.717) is 5.69 Å². The van der Waals surface area contributed by atoms with Crippen molar-refractivity contribution in [3.8, 4) is 17.0 Å². The third-order valence-corrected chi connectivity index (χ3v) is 5.90. The van der Waals surface area contributed by atoms with Gasteiger partial charge in [-0.1, -0.05) is 12.1 Å². The predicted molar refractivity (Wildman–Crippen MR) is 99.9 cm³/mol. The Morgan fingerprint density at radius 2 is 1.86 bits per heavy atom. The Labute approximate surface area is 165 Å². The number of nitrogens with one attached hydrogen (secondary N) is 1. The van der Waals surface area contributed by atoms with Crippen LogP contribution in [-0.4, -0.2) is 24.3 Å². The summed E-state index contributed by atoms with van der Waals surface area (Å²) < 4.78 is 70.2. The first-order valence-corrected chi connectivity index (χ1v) is 10.2. The second-order valence-electron chi connectivity index (χ2n) is 6.52. The van der Waals surface area contributed by atoms with Crippen molar-refractivity contribution in [3.05, 3.63) is 60.6 Å². The number of anilines is 1. The lowest BCUT2D eigenvalue weighted by Crippen LogP contribution is -2.17. The number of aryl methyl sites for hydroxylation is 1. The van der Waals surface area contributed by atoms with Crippen molar-refractivity contribution in [2.75, 3.05) is 4.72 Å². The van der Waals surface area contributed by atoms with Gasteiger partial charge in [-0.3, -0.25) is 4.72 Å². The van der Waals surface area contributed by atoms with Gasteiger partial charge in [-0.05, 0) is 42.8 Å². The molecule has 0 aliphatic carbocycles. The maximum Gasteiger partial charge on any atom is 0.573 e. The van der Waals surface area contributed by atoms with Crippen LogP contribution in [0.2, 0.25) is 0 Å². The zero-order valence-corrected chi connectivity index (χ0v) is 15.8. The van der Waals surface area contributed by atoms with Gasteiger partial charge in [0, 0.05) is 24.2 Å². The molecule has 152 valence electrons. The molecule has 0 saturated carbocycles. The number of nitrogens with zero attached hydrogens (tertiary/aromatic N) is 2. The summed E-state index contributed by atoms with van der Waals surface area (Å²) in [5, 5.41) is 0. The summed E-state index contributed by atoms with van der Waals surface area (Å²) in [6, 6.07) is 10.9. The summed E-state index contributed by atoms with van der Waals surface area (Å²) in [6.07, 6.45) is -1.13. The minimum absolute atomic E-state index is 0.178. The Hall–Kier alpha value is -3.01. The van der Waals surface area contributed by atoms with Gasteiger partial charge in [-0.15, -0.1) is 13.2 Å². The van der Waals surface area contributed by atoms with E-state index >= 15 is 0 Å². The fraction of sp³-hybridized carbons (Fsp3) is 0.211. The largest absolute Gasteiger partial charge is 0.573 e. The topological polar surface area (TPSA) is 73.2 Å². The Bertz CT molecular complexity index is 1140. The molecule has 1 N–H and O–H groups in total. The Kier molecular flexibility index (Phi) is 4.73. The van der Waals surface area contributed by atoms with Crippen molar-refractivity contribution in [1.29, 1.82) is 0 Å². The van der Waals surface area contributed by atoms with Crippen molar-refractivity contribution >= 4 is 15.7 Å². The normalized spacial score (nSPS) is 13.9. The van der Waals surface area contributed by atoms with E-state index in [0.717, 1.165) is 60.7 Å². The summed E-state index contributed by atoms with van der Waals surface area (Å²) in [5.41, 5.74) is 2.07. The standard InChI is InChI=1S/C19H16F3N3O3S/c20-19(21,22)28-15-6-8-16(9-7-15)29(26,27)24-14-4-1-3-13(11-14)17-12-23-18-5-2-10-25(17)18/h1,3-4,6-9,11-12,24H,2,5,10H2. The molecule has 0 fully saturated rings. The first-order valence-electron chi connectivity index (χ1n) is 8.75. The van der Waals surface area contributed by atoms with Crippen LogP contribution < -0.4 is 9.46 Å². The van der Waals surface area contributed by atoms with Crippen LogP contribution in [0.3, 0.4) is 0 Å². The van der Waals surface area contributed by atoms with Gasteiger partial charge in [0.05, 0.1) is 16.8 Å². The molecule has 29 heavy (non-hydrogen) atoms. The van der Waals surface area contributed by atoms with E-state index in [1.165, 1.54) is 0 Å². The van der Waals surface area contributed by atoms with Crippen molar-refractivity contribution in [2.45, 2.75) is 30.6 Å². The molecular formula is C19H16F3N3O3S. The van der Waals surface area contributed by atoms with Crippen LogP contribution in [0.4, 0.5) is 18.9 Å². The molecule has 4 rings (SSSR count). The molecule has 1 aliphatic heterocycles. The lowest BCUT2D eigenvalue weighted by Gasteiger charge is -2.12. The number of alkyl halides is 3. The number of fused-ring (bicyclic) bond motifs is 1. The highest BCUT2D eigenvalue weighted by Gasteiger charge is 2.31. The molecule has 2 heterocycles. The summed E-state index contributed by atoms with van der Waals surface area (Å²) >= 11 is 0. The highest BCUT2D eigenvalue weighted by Crippen LogP contribution is 2.29. The maximum atomic E-state index is 12.6. The van der Waals surface area contributed by atoms with Crippen LogP contribution in [0.25, 0.3) is 11.3 Å². The molecule has 0 saturated heterocycles. The van der Waals surface area contributed by atoms with Gasteiger partial charge in [0.25, 0.3) is 10.0 Å². The number of ether oxygens (including phenoxy) is 1. The van der Waals surface area contributed by atoms with Crippen LogP contribution in [0.1, 0.15) is 12.2 Å². The van der Waals surface area contributed by atoms with Gasteiger partial charge in [-0.25, -0.2) is 13.4 Å². The number of imidazole rings is 1. The third-order valence-electron chi connectivity index (χ3n) is 4.50. The number of hydrogen-bond donors (Lipinski definition) is 1. The minimum Gasteiger partial charge on any atom is -0.406 e. The lowest BCUT2D eigenvalue weighted by atomic mass is 10.1. The molecule has 0 radical (unpaired) electrons. The van der Waals surface area contributed by atoms with Crippen molar-refractivity contribution in [3.63, 3.8) is 0 Å². The molecule has 0 atom stereocenters. The van der Waals surface area contributed by atoms with E-state index in [-0.39, 0.29) is 4.90 Å². The summed E-state index contributed by atoms with van der Waals surface area (Å²) in [6.45, 7) is 0.868. The highest BCUT2D eigenvalue weighted by molar-refractivity contribution is 7.92. The van der Waals surface area contributed by atoms with Crippen LogP contribution >= 0.6 is 0 Å². The molecule has 1 aliphatic rings. The molecule has 6 nitrogen and oxygen atoms in total. The molecule has 2 aromatic carbocycles. The van der Waals surface area contributed by atoms with Crippen LogP contribution in [0, 0.1) is 0 Å². The minimum atomic E-state index is -4.84. The predicted octanol–water partition coefficient (Wildman–Crippen LogP) is 4.20. The zero-order chi connectivity index (χ0) is 20.6.